The molecule has 0 aliphatic carbocycles. The highest BCUT2D eigenvalue weighted by atomic mass is 16.5. The van der Waals surface area contributed by atoms with E-state index in [1.807, 2.05) is 20.8 Å². The third-order valence-electron chi connectivity index (χ3n) is 7.22. The number of fused-ring (bicyclic) bond motifs is 2. The van der Waals surface area contributed by atoms with Gasteiger partial charge in [-0.3, -0.25) is 10.1 Å². The maximum absolute atomic E-state index is 12.7. The molecule has 0 spiro atoms. The van der Waals surface area contributed by atoms with Crippen molar-refractivity contribution >= 4 is 29.1 Å². The van der Waals surface area contributed by atoms with Crippen molar-refractivity contribution in [2.45, 2.75) is 70.1 Å². The van der Waals surface area contributed by atoms with Gasteiger partial charge < -0.3 is 24.8 Å². The lowest BCUT2D eigenvalue weighted by Crippen LogP contribution is -2.43. The van der Waals surface area contributed by atoms with Gasteiger partial charge in [-0.2, -0.15) is 0 Å². The first-order valence-electron chi connectivity index (χ1n) is 13.0. The van der Waals surface area contributed by atoms with Gasteiger partial charge in [0.1, 0.15) is 23.3 Å². The Morgan fingerprint density at radius 3 is 2.21 bits per heavy atom. The van der Waals surface area contributed by atoms with E-state index < -0.39 is 6.03 Å². The highest BCUT2D eigenvalue weighted by molar-refractivity contribution is 6.03. The Kier molecular flexibility index (Phi) is 7.07. The normalized spacial score (nSPS) is 21.1. The van der Waals surface area contributed by atoms with Gasteiger partial charge in [-0.15, -0.1) is 0 Å². The van der Waals surface area contributed by atoms with Gasteiger partial charge in [0.2, 0.25) is 0 Å². The zero-order valence-electron chi connectivity index (χ0n) is 22.2. The van der Waals surface area contributed by atoms with E-state index in [0.717, 1.165) is 12.8 Å². The predicted octanol–water partition coefficient (Wildman–Crippen LogP) is 5.27. The monoisotopic (exact) mass is 518 g/mol. The van der Waals surface area contributed by atoms with E-state index >= 15 is 0 Å². The Labute approximate surface area is 222 Å². The minimum absolute atomic E-state index is 0.191. The molecule has 2 fully saturated rings. The lowest BCUT2D eigenvalue weighted by molar-refractivity contribution is 0.0659. The summed E-state index contributed by atoms with van der Waals surface area (Å²) in [6.45, 7) is 5.99. The van der Waals surface area contributed by atoms with Crippen LogP contribution in [0.15, 0.2) is 53.2 Å². The van der Waals surface area contributed by atoms with Gasteiger partial charge in [0.15, 0.2) is 5.82 Å². The number of amides is 3. The summed E-state index contributed by atoms with van der Waals surface area (Å²) in [7, 11) is 2.21. The first-order valence-corrected chi connectivity index (χ1v) is 13.0. The van der Waals surface area contributed by atoms with E-state index in [2.05, 4.69) is 38.0 Å². The topological polar surface area (TPSA) is 122 Å². The molecule has 10 nitrogen and oxygen atoms in total. The fourth-order valence-electron chi connectivity index (χ4n) is 5.03. The fraction of sp³-hybridized carbons (Fsp3) is 0.429. The molecule has 0 saturated carbocycles. The van der Waals surface area contributed by atoms with Crippen molar-refractivity contribution < 1.29 is 18.8 Å². The van der Waals surface area contributed by atoms with Gasteiger partial charge >= 0.3 is 6.03 Å². The molecule has 200 valence electrons. The molecule has 2 saturated heterocycles. The van der Waals surface area contributed by atoms with Crippen molar-refractivity contribution in [3.63, 3.8) is 0 Å². The summed E-state index contributed by atoms with van der Waals surface area (Å²) in [4.78, 5) is 31.7. The maximum atomic E-state index is 12.7. The average molecular weight is 519 g/mol. The molecular formula is C28H34N6O4. The summed E-state index contributed by atoms with van der Waals surface area (Å²) in [5, 5.41) is 12.1. The molecule has 5 rings (SSSR count). The molecule has 0 radical (unpaired) electrons. The van der Waals surface area contributed by atoms with E-state index in [1.165, 1.54) is 12.8 Å². The number of carbonyl (C=O) groups is 2. The van der Waals surface area contributed by atoms with Crippen molar-refractivity contribution in [1.29, 1.82) is 0 Å². The van der Waals surface area contributed by atoms with Crippen molar-refractivity contribution in [3.8, 4) is 5.75 Å². The van der Waals surface area contributed by atoms with Gasteiger partial charge in [0, 0.05) is 34.9 Å². The quantitative estimate of drug-likeness (QED) is 0.406. The number of carbonyl (C=O) groups excluding carboxylic acids is 2. The molecule has 2 aliphatic heterocycles. The van der Waals surface area contributed by atoms with Crippen LogP contribution in [0.3, 0.4) is 0 Å². The van der Waals surface area contributed by atoms with E-state index in [0.29, 0.717) is 46.5 Å². The summed E-state index contributed by atoms with van der Waals surface area (Å²) in [5.74, 6) is 1.37. The van der Waals surface area contributed by atoms with Crippen LogP contribution < -0.4 is 20.7 Å². The first-order chi connectivity index (χ1) is 18.1. The molecule has 3 aromatic rings. The minimum atomic E-state index is -0.449. The van der Waals surface area contributed by atoms with Gasteiger partial charge in [-0.05, 0) is 69.1 Å². The van der Waals surface area contributed by atoms with Gasteiger partial charge in [0.05, 0.1) is 6.20 Å². The van der Waals surface area contributed by atoms with Gasteiger partial charge in [-0.25, -0.2) is 9.78 Å². The molecule has 10 heteroatoms. The summed E-state index contributed by atoms with van der Waals surface area (Å²) >= 11 is 0. The molecule has 2 aliphatic rings. The largest absolute Gasteiger partial charge is 0.489 e. The highest BCUT2D eigenvalue weighted by Gasteiger charge is 2.39. The molecule has 2 atom stereocenters. The number of ether oxygens (including phenoxy) is 1. The van der Waals surface area contributed by atoms with E-state index in [4.69, 9.17) is 9.26 Å². The second kappa shape index (κ2) is 10.4. The van der Waals surface area contributed by atoms with Crippen molar-refractivity contribution in [2.24, 2.45) is 0 Å². The lowest BCUT2D eigenvalue weighted by atomic mass is 9.93. The fourth-order valence-corrected chi connectivity index (χ4v) is 5.03. The van der Waals surface area contributed by atoms with E-state index in [9.17, 15) is 9.59 Å². The third-order valence-corrected chi connectivity index (χ3v) is 7.22. The standard InChI is InChI=1S/C28H34N6O4/c1-28(2,3)24-15-25(33-38-24)32-27(36)31-18-7-5-17(6-8-18)30-26(35)23-12-11-21(16-29-23)37-22-13-19-9-10-20(14-22)34(19)4/h5-8,11-12,15-16,19-20,22H,9-10,13-14H2,1-4H3,(H,30,35)(H2,31,32,33,36)/t19-,20-/m1/s1. The van der Waals surface area contributed by atoms with Crippen LogP contribution in [0.5, 0.6) is 5.75 Å². The molecule has 2 bridgehead atoms. The molecule has 38 heavy (non-hydrogen) atoms. The van der Waals surface area contributed by atoms with Crippen LogP contribution in [0.1, 0.15) is 62.7 Å². The van der Waals surface area contributed by atoms with Crippen LogP contribution in [0.25, 0.3) is 0 Å². The number of hydrogen-bond acceptors (Lipinski definition) is 7. The Balaban J connectivity index is 1.10. The second-order valence-electron chi connectivity index (χ2n) is 11.1. The number of nitrogens with zero attached hydrogens (tertiary/aromatic N) is 3. The van der Waals surface area contributed by atoms with Crippen LogP contribution in [0, 0.1) is 0 Å². The van der Waals surface area contributed by atoms with Crippen molar-refractivity contribution in [1.82, 2.24) is 15.0 Å². The Morgan fingerprint density at radius 1 is 0.974 bits per heavy atom. The van der Waals surface area contributed by atoms with Crippen LogP contribution in [-0.2, 0) is 5.41 Å². The zero-order valence-corrected chi connectivity index (χ0v) is 22.2. The molecule has 2 aromatic heterocycles. The van der Waals surface area contributed by atoms with Crippen LogP contribution in [0.4, 0.5) is 22.0 Å². The molecule has 1 aromatic carbocycles. The molecule has 4 heterocycles. The maximum Gasteiger partial charge on any atom is 0.324 e. The zero-order chi connectivity index (χ0) is 26.9. The Hall–Kier alpha value is -3.92. The number of nitrogens with one attached hydrogen (secondary N) is 3. The number of benzene rings is 1. The minimum Gasteiger partial charge on any atom is -0.489 e. The smallest absolute Gasteiger partial charge is 0.324 e. The van der Waals surface area contributed by atoms with E-state index in [1.54, 1.807) is 48.7 Å². The first kappa shape index (κ1) is 25.7. The van der Waals surface area contributed by atoms with Crippen LogP contribution in [0.2, 0.25) is 0 Å². The van der Waals surface area contributed by atoms with Gasteiger partial charge in [0.25, 0.3) is 5.91 Å². The number of hydrogen-bond donors (Lipinski definition) is 3. The number of aromatic nitrogens is 2. The summed E-state index contributed by atoms with van der Waals surface area (Å²) < 4.78 is 11.4. The lowest BCUT2D eigenvalue weighted by Gasteiger charge is -2.36. The number of rotatable bonds is 6. The average Bonchev–Trinajstić information content (AvgIpc) is 3.41. The summed E-state index contributed by atoms with van der Waals surface area (Å²) in [6, 6.07) is 12.7. The van der Waals surface area contributed by atoms with Crippen molar-refractivity contribution in [3.05, 3.63) is 60.1 Å². The predicted molar refractivity (Wildman–Crippen MR) is 145 cm³/mol. The van der Waals surface area contributed by atoms with Gasteiger partial charge in [-0.1, -0.05) is 25.9 Å². The second-order valence-corrected chi connectivity index (χ2v) is 11.1. The number of anilines is 3. The van der Waals surface area contributed by atoms with Crippen LogP contribution in [-0.4, -0.2) is 52.2 Å². The van der Waals surface area contributed by atoms with E-state index in [-0.39, 0.29) is 17.4 Å². The summed E-state index contributed by atoms with van der Waals surface area (Å²) in [6.07, 6.45) is 6.34. The third kappa shape index (κ3) is 5.96. The molecule has 3 N–H and O–H groups in total. The number of piperidine rings is 1. The van der Waals surface area contributed by atoms with Crippen LogP contribution >= 0.6 is 0 Å². The Morgan fingerprint density at radius 2 is 1.63 bits per heavy atom. The summed E-state index contributed by atoms with van der Waals surface area (Å²) in [5.41, 5.74) is 1.23. The highest BCUT2D eigenvalue weighted by Crippen LogP contribution is 2.35. The number of pyridine rings is 1. The SMILES string of the molecule is CN1[C@@H]2CC[C@@H]1CC(Oc1ccc(C(=O)Nc3ccc(NC(=O)Nc4cc(C(C)(C)C)on4)cc3)nc1)C2. The Bertz CT molecular complexity index is 1270. The number of urea groups is 1. The van der Waals surface area contributed by atoms with Crippen molar-refractivity contribution in [2.75, 3.05) is 23.0 Å². The molecular weight excluding hydrogens is 484 g/mol. The molecule has 0 unspecified atom stereocenters. The molecule has 3 amide bonds.